The number of nitrogens with zero attached hydrogens (tertiary/aromatic N) is 3. The average Bonchev–Trinajstić information content (AvgIpc) is 2.79. The van der Waals surface area contributed by atoms with E-state index < -0.39 is 0 Å². The van der Waals surface area contributed by atoms with Crippen LogP contribution < -0.4 is 15.1 Å². The van der Waals surface area contributed by atoms with Crippen molar-refractivity contribution in [3.63, 3.8) is 0 Å². The molecule has 2 atom stereocenters. The maximum absolute atomic E-state index is 11.7. The summed E-state index contributed by atoms with van der Waals surface area (Å²) in [5.74, 6) is 0.800. The molecule has 3 heterocycles. The molecule has 2 unspecified atom stereocenters. The van der Waals surface area contributed by atoms with Crippen molar-refractivity contribution in [2.75, 3.05) is 28.3 Å². The number of morpholine rings is 1. The van der Waals surface area contributed by atoms with E-state index in [9.17, 15) is 4.79 Å². The van der Waals surface area contributed by atoms with E-state index >= 15 is 0 Å². The minimum Gasteiger partial charge on any atom is -0.375 e. The van der Waals surface area contributed by atoms with Crippen LogP contribution in [-0.2, 0) is 16.1 Å². The maximum Gasteiger partial charge on any atom is 0.214 e. The first kappa shape index (κ1) is 15.9. The first-order chi connectivity index (χ1) is 12.2. The number of nitrogens with one attached hydrogen (secondary N) is 1. The highest BCUT2D eigenvalue weighted by atomic mass is 16.5. The quantitative estimate of drug-likeness (QED) is 0.853. The molecule has 1 N–H and O–H groups in total. The first-order valence-electron chi connectivity index (χ1n) is 8.61. The van der Waals surface area contributed by atoms with E-state index in [0.29, 0.717) is 19.2 Å². The summed E-state index contributed by atoms with van der Waals surface area (Å²) < 4.78 is 5.73. The van der Waals surface area contributed by atoms with Crippen LogP contribution in [0.15, 0.2) is 36.5 Å². The van der Waals surface area contributed by atoms with Crippen LogP contribution >= 0.6 is 0 Å². The Hall–Kier alpha value is -2.60. The van der Waals surface area contributed by atoms with Gasteiger partial charge in [0.1, 0.15) is 5.82 Å². The van der Waals surface area contributed by atoms with Gasteiger partial charge in [-0.1, -0.05) is 6.07 Å². The van der Waals surface area contributed by atoms with Gasteiger partial charge in [-0.15, -0.1) is 0 Å². The van der Waals surface area contributed by atoms with Gasteiger partial charge >= 0.3 is 0 Å². The summed E-state index contributed by atoms with van der Waals surface area (Å²) in [6.45, 7) is 6.31. The van der Waals surface area contributed by atoms with Crippen LogP contribution in [0.4, 0.5) is 22.9 Å². The molecule has 2 aliphatic rings. The second-order valence-electron chi connectivity index (χ2n) is 6.72. The molecule has 0 spiro atoms. The number of carbonyl (C=O) groups is 1. The molecule has 4 rings (SSSR count). The lowest BCUT2D eigenvalue weighted by molar-refractivity contribution is -0.107. The van der Waals surface area contributed by atoms with Crippen LogP contribution in [0, 0.1) is 0 Å². The molecule has 1 aromatic heterocycles. The minimum absolute atomic E-state index is 0.198. The summed E-state index contributed by atoms with van der Waals surface area (Å²) in [5.41, 5.74) is 3.87. The highest BCUT2D eigenvalue weighted by Gasteiger charge is 2.26. The molecule has 130 valence electrons. The molecule has 1 aromatic carbocycles. The van der Waals surface area contributed by atoms with Crippen molar-refractivity contribution in [2.45, 2.75) is 32.5 Å². The lowest BCUT2D eigenvalue weighted by Gasteiger charge is -2.39. The summed E-state index contributed by atoms with van der Waals surface area (Å²) in [6, 6.07) is 10.4. The van der Waals surface area contributed by atoms with Gasteiger partial charge in [0, 0.05) is 30.0 Å². The van der Waals surface area contributed by atoms with Crippen LogP contribution in [-0.4, -0.2) is 36.7 Å². The zero-order chi connectivity index (χ0) is 17.4. The highest BCUT2D eigenvalue weighted by molar-refractivity contribution is 5.89. The number of hydrogen-bond donors (Lipinski definition) is 1. The van der Waals surface area contributed by atoms with Gasteiger partial charge in [-0.2, -0.15) is 0 Å². The maximum atomic E-state index is 11.7. The molecule has 6 nitrogen and oxygen atoms in total. The smallest absolute Gasteiger partial charge is 0.214 e. The fourth-order valence-electron chi connectivity index (χ4n) is 3.47. The summed E-state index contributed by atoms with van der Waals surface area (Å²) in [7, 11) is 0. The second kappa shape index (κ2) is 6.37. The molecule has 1 amide bonds. The van der Waals surface area contributed by atoms with Gasteiger partial charge in [0.25, 0.3) is 0 Å². The molecule has 2 aromatic rings. The monoisotopic (exact) mass is 338 g/mol. The van der Waals surface area contributed by atoms with Crippen LogP contribution in [0.5, 0.6) is 0 Å². The SMILES string of the molecule is CC1CN(c2ccc3c(c2)N(C=O)Cc2cccnc2N3)C(C)CO1. The average molecular weight is 338 g/mol. The van der Waals surface area contributed by atoms with Gasteiger partial charge in [-0.05, 0) is 38.1 Å². The van der Waals surface area contributed by atoms with E-state index in [4.69, 9.17) is 4.74 Å². The molecule has 1 fully saturated rings. The molecular formula is C19H22N4O2. The lowest BCUT2D eigenvalue weighted by atomic mass is 10.1. The third-order valence-corrected chi connectivity index (χ3v) is 4.84. The molecule has 1 saturated heterocycles. The van der Waals surface area contributed by atoms with Crippen molar-refractivity contribution in [3.8, 4) is 0 Å². The summed E-state index contributed by atoms with van der Waals surface area (Å²) in [6.07, 6.45) is 2.84. The normalized spacial score (nSPS) is 22.5. The fraction of sp³-hybridized carbons (Fsp3) is 0.368. The van der Waals surface area contributed by atoms with Crippen LogP contribution in [0.1, 0.15) is 19.4 Å². The number of carbonyl (C=O) groups excluding carboxylic acids is 1. The van der Waals surface area contributed by atoms with Gasteiger partial charge in [-0.25, -0.2) is 4.98 Å². The Balaban J connectivity index is 1.73. The van der Waals surface area contributed by atoms with Gasteiger partial charge in [-0.3, -0.25) is 4.79 Å². The lowest BCUT2D eigenvalue weighted by Crippen LogP contribution is -2.47. The third-order valence-electron chi connectivity index (χ3n) is 4.84. The van der Waals surface area contributed by atoms with E-state index in [-0.39, 0.29) is 6.10 Å². The number of anilines is 4. The predicted molar refractivity (Wildman–Crippen MR) is 98.4 cm³/mol. The minimum atomic E-state index is 0.198. The number of ether oxygens (including phenoxy) is 1. The molecule has 6 heteroatoms. The number of aromatic nitrogens is 1. The molecule has 0 saturated carbocycles. The van der Waals surface area contributed by atoms with Crippen molar-refractivity contribution >= 4 is 29.3 Å². The highest BCUT2D eigenvalue weighted by Crippen LogP contribution is 2.37. The largest absolute Gasteiger partial charge is 0.375 e. The van der Waals surface area contributed by atoms with Gasteiger partial charge in [0.05, 0.1) is 30.6 Å². The van der Waals surface area contributed by atoms with Crippen molar-refractivity contribution in [1.29, 1.82) is 0 Å². The Morgan fingerprint density at radius 1 is 1.32 bits per heavy atom. The number of amides is 1. The zero-order valence-electron chi connectivity index (χ0n) is 14.5. The Labute approximate surface area is 147 Å². The Morgan fingerprint density at radius 3 is 3.04 bits per heavy atom. The standard InChI is InChI=1S/C19H22N4O2/c1-13-11-25-14(2)9-23(13)16-5-6-17-18(8-16)22(12-24)10-15-4-3-7-20-19(15)21-17/h3-8,12-14H,9-11H2,1-2H3,(H,20,21). The topological polar surface area (TPSA) is 57.7 Å². The summed E-state index contributed by atoms with van der Waals surface area (Å²) >= 11 is 0. The third kappa shape index (κ3) is 2.93. The fourth-order valence-corrected chi connectivity index (χ4v) is 3.47. The number of hydrogen-bond acceptors (Lipinski definition) is 5. The van der Waals surface area contributed by atoms with Gasteiger partial charge in [0.15, 0.2) is 0 Å². The Bertz CT molecular complexity index is 795. The number of pyridine rings is 1. The van der Waals surface area contributed by atoms with E-state index in [1.165, 1.54) is 0 Å². The van der Waals surface area contributed by atoms with E-state index in [1.54, 1.807) is 11.1 Å². The molecule has 0 radical (unpaired) electrons. The second-order valence-corrected chi connectivity index (χ2v) is 6.72. The molecular weight excluding hydrogens is 316 g/mol. The predicted octanol–water partition coefficient (Wildman–Crippen LogP) is 2.92. The number of fused-ring (bicyclic) bond motifs is 2. The van der Waals surface area contributed by atoms with Gasteiger partial charge in [0.2, 0.25) is 6.41 Å². The van der Waals surface area contributed by atoms with Crippen molar-refractivity contribution < 1.29 is 9.53 Å². The molecule has 0 bridgehead atoms. The van der Waals surface area contributed by atoms with Gasteiger partial charge < -0.3 is 19.9 Å². The number of rotatable bonds is 2. The molecule has 25 heavy (non-hydrogen) atoms. The summed E-state index contributed by atoms with van der Waals surface area (Å²) in [4.78, 5) is 20.2. The van der Waals surface area contributed by atoms with E-state index in [1.807, 2.05) is 18.2 Å². The summed E-state index contributed by atoms with van der Waals surface area (Å²) in [5, 5.41) is 3.36. The van der Waals surface area contributed by atoms with Crippen molar-refractivity contribution in [1.82, 2.24) is 4.98 Å². The molecule has 0 aliphatic carbocycles. The Kier molecular flexibility index (Phi) is 4.05. The first-order valence-corrected chi connectivity index (χ1v) is 8.61. The van der Waals surface area contributed by atoms with Crippen molar-refractivity contribution in [2.24, 2.45) is 0 Å². The molecule has 2 aliphatic heterocycles. The van der Waals surface area contributed by atoms with E-state index in [0.717, 1.165) is 41.4 Å². The zero-order valence-corrected chi connectivity index (χ0v) is 14.5. The van der Waals surface area contributed by atoms with E-state index in [2.05, 4.69) is 41.2 Å². The number of benzene rings is 1. The Morgan fingerprint density at radius 2 is 2.20 bits per heavy atom. The van der Waals surface area contributed by atoms with Crippen LogP contribution in [0.25, 0.3) is 0 Å². The van der Waals surface area contributed by atoms with Crippen molar-refractivity contribution in [3.05, 3.63) is 42.1 Å². The van der Waals surface area contributed by atoms with Crippen LogP contribution in [0.2, 0.25) is 0 Å². The van der Waals surface area contributed by atoms with Crippen LogP contribution in [0.3, 0.4) is 0 Å².